The third-order valence-corrected chi connectivity index (χ3v) is 3.00. The maximum absolute atomic E-state index is 9.11. The Kier molecular flexibility index (Phi) is 5.54. The summed E-state index contributed by atoms with van der Waals surface area (Å²) in [6.07, 6.45) is 4.70. The first kappa shape index (κ1) is 12.4. The second-order valence-corrected chi connectivity index (χ2v) is 4.40. The normalized spacial score (nSPS) is 25.7. The van der Waals surface area contributed by atoms with Crippen LogP contribution in [0.3, 0.4) is 0 Å². The summed E-state index contributed by atoms with van der Waals surface area (Å²) < 4.78 is 0. The molecule has 0 amide bonds. The molecule has 1 aliphatic carbocycles. The molecule has 0 aromatic rings. The predicted octanol–water partition coefficient (Wildman–Crippen LogP) is 1.80. The minimum absolute atomic E-state index is 0.428. The summed E-state index contributed by atoms with van der Waals surface area (Å²) in [5, 5.41) is 15.8. The Morgan fingerprint density at radius 3 is 2.93 bits per heavy atom. The maximum Gasteiger partial charge on any atom is 0.373 e. The van der Waals surface area contributed by atoms with Gasteiger partial charge in [-0.1, -0.05) is 18.0 Å². The standard InChI is InChI=1S/C9H19BN4O/c1-10(15)12-6-8-3-2-4-9(5-8)7-13-14-11/h8-9,12,15H,2-7H2,1H3/t8-,9+/m0/s1. The van der Waals surface area contributed by atoms with Gasteiger partial charge in [-0.25, -0.2) is 0 Å². The van der Waals surface area contributed by atoms with E-state index in [2.05, 4.69) is 15.3 Å². The third-order valence-electron chi connectivity index (χ3n) is 3.00. The predicted molar refractivity (Wildman–Crippen MR) is 61.3 cm³/mol. The molecule has 0 aromatic carbocycles. The minimum atomic E-state index is -0.428. The van der Waals surface area contributed by atoms with Crippen LogP contribution in [0.2, 0.25) is 6.82 Å². The summed E-state index contributed by atoms with van der Waals surface area (Å²) in [6.45, 7) is 3.23. The van der Waals surface area contributed by atoms with E-state index in [1.165, 1.54) is 19.3 Å². The van der Waals surface area contributed by atoms with Gasteiger partial charge in [-0.2, -0.15) is 0 Å². The summed E-state index contributed by atoms with van der Waals surface area (Å²) >= 11 is 0. The fourth-order valence-electron chi connectivity index (χ4n) is 2.24. The summed E-state index contributed by atoms with van der Waals surface area (Å²) in [6, 6.07) is 0. The smallest absolute Gasteiger partial charge is 0.373 e. The highest BCUT2D eigenvalue weighted by Gasteiger charge is 2.21. The largest absolute Gasteiger partial charge is 0.437 e. The fraction of sp³-hybridized carbons (Fsp3) is 1.00. The maximum atomic E-state index is 9.11. The van der Waals surface area contributed by atoms with Crippen molar-refractivity contribution < 1.29 is 5.02 Å². The number of hydrogen-bond acceptors (Lipinski definition) is 3. The van der Waals surface area contributed by atoms with E-state index in [0.29, 0.717) is 18.4 Å². The average Bonchev–Trinajstić information content (AvgIpc) is 2.24. The minimum Gasteiger partial charge on any atom is -0.437 e. The van der Waals surface area contributed by atoms with Gasteiger partial charge in [0.15, 0.2) is 0 Å². The van der Waals surface area contributed by atoms with Gasteiger partial charge < -0.3 is 10.3 Å². The van der Waals surface area contributed by atoms with Crippen LogP contribution < -0.4 is 5.23 Å². The lowest BCUT2D eigenvalue weighted by atomic mass is 9.79. The highest BCUT2D eigenvalue weighted by molar-refractivity contribution is 6.45. The van der Waals surface area contributed by atoms with E-state index in [4.69, 9.17) is 10.6 Å². The van der Waals surface area contributed by atoms with E-state index in [0.717, 1.165) is 13.0 Å². The van der Waals surface area contributed by atoms with Crippen molar-refractivity contribution >= 4 is 7.05 Å². The highest BCUT2D eigenvalue weighted by atomic mass is 16.2. The van der Waals surface area contributed by atoms with Crippen LogP contribution in [-0.2, 0) is 0 Å². The van der Waals surface area contributed by atoms with Crippen molar-refractivity contribution in [1.82, 2.24) is 5.23 Å². The molecule has 0 bridgehead atoms. The number of nitrogens with zero attached hydrogens (tertiary/aromatic N) is 3. The van der Waals surface area contributed by atoms with Gasteiger partial charge in [0.25, 0.3) is 0 Å². The molecule has 0 spiro atoms. The molecule has 1 saturated carbocycles. The topological polar surface area (TPSA) is 81.0 Å². The van der Waals surface area contributed by atoms with Crippen molar-refractivity contribution in [2.24, 2.45) is 17.0 Å². The molecule has 2 atom stereocenters. The van der Waals surface area contributed by atoms with Gasteiger partial charge in [-0.3, -0.25) is 0 Å². The Balaban J connectivity index is 2.25. The summed E-state index contributed by atoms with van der Waals surface area (Å²) in [5.41, 5.74) is 8.25. The summed E-state index contributed by atoms with van der Waals surface area (Å²) in [7, 11) is -0.428. The molecular weight excluding hydrogens is 191 g/mol. The Bertz CT molecular complexity index is 230. The van der Waals surface area contributed by atoms with Gasteiger partial charge in [0.05, 0.1) is 0 Å². The zero-order valence-corrected chi connectivity index (χ0v) is 9.26. The first-order chi connectivity index (χ1) is 7.22. The number of nitrogens with one attached hydrogen (secondary N) is 1. The zero-order valence-electron chi connectivity index (χ0n) is 9.26. The monoisotopic (exact) mass is 210 g/mol. The lowest BCUT2D eigenvalue weighted by Gasteiger charge is -2.28. The highest BCUT2D eigenvalue weighted by Crippen LogP contribution is 2.28. The molecular formula is C9H19BN4O. The molecule has 0 unspecified atom stereocenters. The van der Waals surface area contributed by atoms with Crippen molar-refractivity contribution in [2.45, 2.75) is 32.5 Å². The Labute approximate surface area is 91.0 Å². The number of rotatable bonds is 5. The number of hydrogen-bond donors (Lipinski definition) is 2. The average molecular weight is 210 g/mol. The third kappa shape index (κ3) is 5.07. The van der Waals surface area contributed by atoms with Crippen molar-refractivity contribution in [3.05, 3.63) is 10.4 Å². The van der Waals surface area contributed by atoms with Crippen LogP contribution in [0.4, 0.5) is 0 Å². The lowest BCUT2D eigenvalue weighted by molar-refractivity contribution is 0.270. The van der Waals surface area contributed by atoms with Crippen LogP contribution in [0, 0.1) is 11.8 Å². The van der Waals surface area contributed by atoms with Gasteiger partial charge in [-0.05, 0) is 43.6 Å². The van der Waals surface area contributed by atoms with E-state index < -0.39 is 7.05 Å². The zero-order chi connectivity index (χ0) is 11.1. The molecule has 1 rings (SSSR count). The first-order valence-electron chi connectivity index (χ1n) is 5.64. The van der Waals surface area contributed by atoms with Gasteiger partial charge in [0, 0.05) is 11.5 Å². The molecule has 0 radical (unpaired) electrons. The van der Waals surface area contributed by atoms with E-state index in [-0.39, 0.29) is 0 Å². The molecule has 0 aromatic heterocycles. The fourth-order valence-corrected chi connectivity index (χ4v) is 2.24. The molecule has 2 N–H and O–H groups in total. The molecule has 15 heavy (non-hydrogen) atoms. The van der Waals surface area contributed by atoms with E-state index in [1.54, 1.807) is 6.82 Å². The van der Waals surface area contributed by atoms with Crippen molar-refractivity contribution in [3.8, 4) is 0 Å². The van der Waals surface area contributed by atoms with E-state index >= 15 is 0 Å². The molecule has 1 fully saturated rings. The second-order valence-electron chi connectivity index (χ2n) is 4.40. The molecule has 0 saturated heterocycles. The Morgan fingerprint density at radius 1 is 1.53 bits per heavy atom. The van der Waals surface area contributed by atoms with Gasteiger partial charge in [0.1, 0.15) is 0 Å². The molecule has 5 nitrogen and oxygen atoms in total. The second kappa shape index (κ2) is 6.72. The molecule has 0 heterocycles. The van der Waals surface area contributed by atoms with Crippen LogP contribution in [0.5, 0.6) is 0 Å². The molecule has 1 aliphatic rings. The number of azide groups is 1. The van der Waals surface area contributed by atoms with Crippen molar-refractivity contribution in [2.75, 3.05) is 13.1 Å². The van der Waals surface area contributed by atoms with Crippen LogP contribution in [-0.4, -0.2) is 25.2 Å². The lowest BCUT2D eigenvalue weighted by Crippen LogP contribution is -2.36. The van der Waals surface area contributed by atoms with Gasteiger partial charge in [-0.15, -0.1) is 0 Å². The summed E-state index contributed by atoms with van der Waals surface area (Å²) in [5.74, 6) is 1.16. The summed E-state index contributed by atoms with van der Waals surface area (Å²) in [4.78, 5) is 2.80. The Hall–Kier alpha value is -0.705. The van der Waals surface area contributed by atoms with Crippen LogP contribution in [0.25, 0.3) is 10.4 Å². The van der Waals surface area contributed by atoms with Crippen molar-refractivity contribution in [1.29, 1.82) is 0 Å². The molecule has 6 heteroatoms. The van der Waals surface area contributed by atoms with Crippen molar-refractivity contribution in [3.63, 3.8) is 0 Å². The quantitative estimate of drug-likeness (QED) is 0.314. The van der Waals surface area contributed by atoms with E-state index in [9.17, 15) is 0 Å². The SMILES string of the molecule is CB(O)NC[C@H]1CCC[C@@H](CN=[N+]=[N-])C1. The van der Waals surface area contributed by atoms with Gasteiger partial charge >= 0.3 is 7.05 Å². The van der Waals surface area contributed by atoms with Crippen LogP contribution in [0.15, 0.2) is 5.11 Å². The van der Waals surface area contributed by atoms with Crippen LogP contribution >= 0.6 is 0 Å². The first-order valence-corrected chi connectivity index (χ1v) is 5.64. The van der Waals surface area contributed by atoms with Gasteiger partial charge in [0.2, 0.25) is 0 Å². The van der Waals surface area contributed by atoms with Crippen LogP contribution in [0.1, 0.15) is 25.7 Å². The molecule has 84 valence electrons. The molecule has 0 aliphatic heterocycles. The Morgan fingerprint density at radius 2 is 2.27 bits per heavy atom. The van der Waals surface area contributed by atoms with E-state index in [1.807, 2.05) is 0 Å².